The zero-order valence-electron chi connectivity index (χ0n) is 13.8. The first-order valence-corrected chi connectivity index (χ1v) is 8.85. The van der Waals surface area contributed by atoms with Gasteiger partial charge in [-0.05, 0) is 48.2 Å². The number of aromatic amines is 1. The summed E-state index contributed by atoms with van der Waals surface area (Å²) in [7, 11) is 0. The van der Waals surface area contributed by atoms with Crippen LogP contribution in [0.25, 0.3) is 32.1 Å². The van der Waals surface area contributed by atoms with Gasteiger partial charge in [-0.3, -0.25) is 4.99 Å². The van der Waals surface area contributed by atoms with Gasteiger partial charge in [-0.1, -0.05) is 30.3 Å². The Morgan fingerprint density at radius 2 is 1.65 bits per heavy atom. The zero-order valence-corrected chi connectivity index (χ0v) is 14.6. The lowest BCUT2D eigenvalue weighted by Crippen LogP contribution is -1.87. The topological polar surface area (TPSA) is 53.9 Å². The number of rotatable bonds is 5. The van der Waals surface area contributed by atoms with Gasteiger partial charge in [0, 0.05) is 15.3 Å². The van der Waals surface area contributed by atoms with Crippen molar-refractivity contribution in [2.75, 3.05) is 0 Å². The predicted octanol–water partition coefficient (Wildman–Crippen LogP) is 5.21. The molecule has 0 atom stereocenters. The number of benzene rings is 2. The number of hydrogen-bond donors (Lipinski definition) is 1. The third-order valence-corrected chi connectivity index (χ3v) is 5.22. The average molecular weight is 362 g/mol. The fourth-order valence-electron chi connectivity index (χ4n) is 2.78. The number of thiophene rings is 1. The molecule has 0 fully saturated rings. The van der Waals surface area contributed by atoms with Crippen LogP contribution >= 0.6 is 11.3 Å². The van der Waals surface area contributed by atoms with Crippen LogP contribution in [-0.2, 0) is 6.54 Å². The molecular weight excluding hydrogens is 347 g/mol. The minimum atomic E-state index is -0.226. The summed E-state index contributed by atoms with van der Waals surface area (Å²) in [5.74, 6) is -0.226. The Hall–Kier alpha value is -3.12. The van der Waals surface area contributed by atoms with Crippen LogP contribution in [0.1, 0.15) is 5.69 Å². The normalized spacial score (nSPS) is 10.8. The molecule has 2 aromatic heterocycles. The summed E-state index contributed by atoms with van der Waals surface area (Å²) in [5.41, 5.74) is 4.65. The molecule has 4 rings (SSSR count). The molecule has 2 heterocycles. The largest absolute Gasteiger partial charge is 0.294 e. The van der Waals surface area contributed by atoms with Gasteiger partial charge in [0.1, 0.15) is 17.2 Å². The third-order valence-electron chi connectivity index (χ3n) is 4.04. The van der Waals surface area contributed by atoms with Crippen molar-refractivity contribution in [3.63, 3.8) is 0 Å². The first-order chi connectivity index (χ1) is 12.7. The highest BCUT2D eigenvalue weighted by Crippen LogP contribution is 2.36. The summed E-state index contributed by atoms with van der Waals surface area (Å²) in [6.45, 7) is 3.94. The van der Waals surface area contributed by atoms with E-state index in [-0.39, 0.29) is 5.82 Å². The lowest BCUT2D eigenvalue weighted by Gasteiger charge is -2.03. The van der Waals surface area contributed by atoms with Crippen LogP contribution < -0.4 is 0 Å². The predicted molar refractivity (Wildman–Crippen MR) is 104 cm³/mol. The standard InChI is InChI=1S/C20H15FN4S/c1-22-12-17-20(24-25-23-17)15-4-2-3-14(11-15)19-10-9-18(26-19)13-5-7-16(21)8-6-13/h2-11H,1,12H2,(H,23,24,25). The second-order valence-corrected chi connectivity index (χ2v) is 6.84. The molecule has 0 saturated carbocycles. The van der Waals surface area contributed by atoms with Crippen LogP contribution in [-0.4, -0.2) is 22.1 Å². The van der Waals surface area contributed by atoms with Gasteiger partial charge < -0.3 is 0 Å². The Balaban J connectivity index is 1.68. The molecule has 0 aliphatic rings. The molecule has 0 saturated heterocycles. The summed E-state index contributed by atoms with van der Waals surface area (Å²) in [5, 5.41) is 11.0. The molecular formula is C20H15FN4S. The van der Waals surface area contributed by atoms with Crippen molar-refractivity contribution in [3.8, 4) is 32.1 Å². The van der Waals surface area contributed by atoms with Crippen molar-refractivity contribution >= 4 is 18.1 Å². The molecule has 0 spiro atoms. The Labute approximate surface area is 154 Å². The number of hydrogen-bond acceptors (Lipinski definition) is 4. The van der Waals surface area contributed by atoms with Crippen molar-refractivity contribution < 1.29 is 4.39 Å². The quantitative estimate of drug-likeness (QED) is 0.496. The summed E-state index contributed by atoms with van der Waals surface area (Å²) in [6, 6.07) is 18.9. The second kappa shape index (κ2) is 7.01. The van der Waals surface area contributed by atoms with E-state index in [2.05, 4.69) is 51.4 Å². The highest BCUT2D eigenvalue weighted by molar-refractivity contribution is 7.18. The molecule has 0 radical (unpaired) electrons. The van der Waals surface area contributed by atoms with E-state index in [1.165, 1.54) is 12.1 Å². The molecule has 4 nitrogen and oxygen atoms in total. The molecule has 0 amide bonds. The Morgan fingerprint density at radius 1 is 0.923 bits per heavy atom. The summed E-state index contributed by atoms with van der Waals surface area (Å²) in [4.78, 5) is 6.13. The van der Waals surface area contributed by atoms with E-state index >= 15 is 0 Å². The fraction of sp³-hybridized carbons (Fsp3) is 0.0500. The van der Waals surface area contributed by atoms with Gasteiger partial charge in [-0.2, -0.15) is 15.4 Å². The maximum absolute atomic E-state index is 13.1. The van der Waals surface area contributed by atoms with Gasteiger partial charge in [-0.25, -0.2) is 4.39 Å². The highest BCUT2D eigenvalue weighted by atomic mass is 32.1. The molecule has 6 heteroatoms. The minimum absolute atomic E-state index is 0.226. The van der Waals surface area contributed by atoms with Crippen molar-refractivity contribution in [3.05, 3.63) is 72.2 Å². The van der Waals surface area contributed by atoms with Crippen molar-refractivity contribution in [1.82, 2.24) is 15.4 Å². The molecule has 128 valence electrons. The molecule has 26 heavy (non-hydrogen) atoms. The summed E-state index contributed by atoms with van der Waals surface area (Å²) in [6.07, 6.45) is 0. The molecule has 0 bridgehead atoms. The number of halogens is 1. The number of aliphatic imine (C=N–C) groups is 1. The van der Waals surface area contributed by atoms with E-state index in [1.54, 1.807) is 23.5 Å². The van der Waals surface area contributed by atoms with Gasteiger partial charge in [0.15, 0.2) is 0 Å². The third kappa shape index (κ3) is 3.19. The van der Waals surface area contributed by atoms with Gasteiger partial charge in [0.05, 0.1) is 6.54 Å². The van der Waals surface area contributed by atoms with Crippen molar-refractivity contribution in [1.29, 1.82) is 0 Å². The van der Waals surface area contributed by atoms with Crippen LogP contribution in [0, 0.1) is 5.82 Å². The van der Waals surface area contributed by atoms with Gasteiger partial charge in [-0.15, -0.1) is 11.3 Å². The van der Waals surface area contributed by atoms with E-state index in [0.717, 1.165) is 37.8 Å². The van der Waals surface area contributed by atoms with Crippen molar-refractivity contribution in [2.24, 2.45) is 4.99 Å². The SMILES string of the molecule is C=NCc1n[nH]nc1-c1cccc(-c2ccc(-c3ccc(F)cc3)s2)c1. The first-order valence-electron chi connectivity index (χ1n) is 8.03. The van der Waals surface area contributed by atoms with Crippen LogP contribution in [0.15, 0.2) is 65.7 Å². The lowest BCUT2D eigenvalue weighted by atomic mass is 10.1. The smallest absolute Gasteiger partial charge is 0.123 e. The van der Waals surface area contributed by atoms with Gasteiger partial charge in [0.25, 0.3) is 0 Å². The van der Waals surface area contributed by atoms with E-state index < -0.39 is 0 Å². The monoisotopic (exact) mass is 362 g/mol. The second-order valence-electron chi connectivity index (χ2n) is 5.75. The first kappa shape index (κ1) is 16.4. The minimum Gasteiger partial charge on any atom is -0.294 e. The van der Waals surface area contributed by atoms with Gasteiger partial charge >= 0.3 is 0 Å². The Morgan fingerprint density at radius 3 is 2.42 bits per heavy atom. The van der Waals surface area contributed by atoms with E-state index in [9.17, 15) is 4.39 Å². The fourth-order valence-corrected chi connectivity index (χ4v) is 3.79. The van der Waals surface area contributed by atoms with Crippen molar-refractivity contribution in [2.45, 2.75) is 6.54 Å². The van der Waals surface area contributed by atoms with Crippen LogP contribution in [0.2, 0.25) is 0 Å². The number of nitrogens with one attached hydrogen (secondary N) is 1. The summed E-state index contributed by atoms with van der Waals surface area (Å²) < 4.78 is 13.1. The van der Waals surface area contributed by atoms with E-state index in [1.807, 2.05) is 12.1 Å². The van der Waals surface area contributed by atoms with E-state index in [0.29, 0.717) is 6.54 Å². The lowest BCUT2D eigenvalue weighted by molar-refractivity contribution is 0.628. The summed E-state index contributed by atoms with van der Waals surface area (Å²) >= 11 is 1.67. The molecule has 2 aromatic carbocycles. The van der Waals surface area contributed by atoms with Gasteiger partial charge in [0.2, 0.25) is 0 Å². The van der Waals surface area contributed by atoms with Crippen LogP contribution in [0.4, 0.5) is 4.39 Å². The Bertz CT molecular complexity index is 1050. The Kier molecular flexibility index (Phi) is 4.41. The maximum atomic E-state index is 13.1. The molecule has 0 aliphatic heterocycles. The molecule has 0 unspecified atom stereocenters. The molecule has 0 aliphatic carbocycles. The average Bonchev–Trinajstić information content (AvgIpc) is 3.33. The number of H-pyrrole nitrogens is 1. The molecule has 1 N–H and O–H groups in total. The van der Waals surface area contributed by atoms with Crippen LogP contribution in [0.5, 0.6) is 0 Å². The zero-order chi connectivity index (χ0) is 17.9. The van der Waals surface area contributed by atoms with Crippen LogP contribution in [0.3, 0.4) is 0 Å². The maximum Gasteiger partial charge on any atom is 0.123 e. The van der Waals surface area contributed by atoms with E-state index in [4.69, 9.17) is 0 Å². The highest BCUT2D eigenvalue weighted by Gasteiger charge is 2.11. The molecule has 4 aromatic rings. The number of nitrogens with zero attached hydrogens (tertiary/aromatic N) is 3. The number of aromatic nitrogens is 3.